The van der Waals surface area contributed by atoms with Gasteiger partial charge in [-0.3, -0.25) is 9.59 Å². The third-order valence-electron chi connectivity index (χ3n) is 5.03. The minimum atomic E-state index is -0.593. The SMILES string of the molecule is CCOC(=O)C1CCCCN1C(=O)COC(=O)CCc1ccc(-c2ccccc2)o1. The molecule has 1 aromatic carbocycles. The topological polar surface area (TPSA) is 86.0 Å². The second-order valence-corrected chi connectivity index (χ2v) is 7.14. The maximum absolute atomic E-state index is 12.5. The van der Waals surface area contributed by atoms with Crippen LogP contribution in [0.3, 0.4) is 0 Å². The maximum Gasteiger partial charge on any atom is 0.328 e. The summed E-state index contributed by atoms with van der Waals surface area (Å²) in [7, 11) is 0. The summed E-state index contributed by atoms with van der Waals surface area (Å²) in [4.78, 5) is 38.1. The van der Waals surface area contributed by atoms with Crippen LogP contribution in [0.15, 0.2) is 46.9 Å². The number of hydrogen-bond donors (Lipinski definition) is 0. The van der Waals surface area contributed by atoms with Crippen molar-refractivity contribution in [2.75, 3.05) is 19.8 Å². The van der Waals surface area contributed by atoms with Crippen LogP contribution < -0.4 is 0 Å². The van der Waals surface area contributed by atoms with Gasteiger partial charge in [-0.15, -0.1) is 0 Å². The Morgan fingerprint density at radius 1 is 1.07 bits per heavy atom. The Balaban J connectivity index is 1.45. The molecule has 7 nitrogen and oxygen atoms in total. The number of furan rings is 1. The molecular formula is C23H27NO6. The van der Waals surface area contributed by atoms with E-state index in [9.17, 15) is 14.4 Å². The number of likely N-dealkylation sites (tertiary alicyclic amines) is 1. The summed E-state index contributed by atoms with van der Waals surface area (Å²) >= 11 is 0. The van der Waals surface area contributed by atoms with Crippen LogP contribution in [-0.4, -0.2) is 48.5 Å². The highest BCUT2D eigenvalue weighted by molar-refractivity contribution is 5.86. The molecule has 1 aliphatic rings. The average Bonchev–Trinajstić information content (AvgIpc) is 3.26. The van der Waals surface area contributed by atoms with Gasteiger partial charge in [0.25, 0.3) is 5.91 Å². The number of rotatable bonds is 8. The summed E-state index contributed by atoms with van der Waals surface area (Å²) in [5.41, 5.74) is 0.967. The molecule has 0 aliphatic carbocycles. The molecule has 0 spiro atoms. The van der Waals surface area contributed by atoms with Gasteiger partial charge in [-0.1, -0.05) is 30.3 Å². The zero-order chi connectivity index (χ0) is 21.3. The Morgan fingerprint density at radius 2 is 1.87 bits per heavy atom. The molecule has 160 valence electrons. The molecular weight excluding hydrogens is 386 g/mol. The van der Waals surface area contributed by atoms with Gasteiger partial charge < -0.3 is 18.8 Å². The van der Waals surface area contributed by atoms with Crippen LogP contribution >= 0.6 is 0 Å². The minimum Gasteiger partial charge on any atom is -0.464 e. The van der Waals surface area contributed by atoms with Crippen LogP contribution in [-0.2, 0) is 30.3 Å². The highest BCUT2D eigenvalue weighted by Gasteiger charge is 2.33. The normalized spacial score (nSPS) is 16.2. The van der Waals surface area contributed by atoms with Crippen LogP contribution in [0, 0.1) is 0 Å². The number of benzene rings is 1. The van der Waals surface area contributed by atoms with Gasteiger partial charge in [-0.25, -0.2) is 4.79 Å². The molecule has 2 heterocycles. The molecule has 30 heavy (non-hydrogen) atoms. The van der Waals surface area contributed by atoms with E-state index in [0.717, 1.165) is 24.2 Å². The van der Waals surface area contributed by atoms with Gasteiger partial charge in [-0.2, -0.15) is 0 Å². The van der Waals surface area contributed by atoms with Crippen molar-refractivity contribution in [3.8, 4) is 11.3 Å². The van der Waals surface area contributed by atoms with Crippen molar-refractivity contribution in [2.45, 2.75) is 45.1 Å². The van der Waals surface area contributed by atoms with Crippen molar-refractivity contribution in [1.82, 2.24) is 4.90 Å². The summed E-state index contributed by atoms with van der Waals surface area (Å²) in [6, 6.07) is 12.8. The van der Waals surface area contributed by atoms with E-state index in [4.69, 9.17) is 13.9 Å². The molecule has 0 radical (unpaired) electrons. The van der Waals surface area contributed by atoms with Gasteiger partial charge in [0.1, 0.15) is 17.6 Å². The molecule has 2 aromatic rings. The molecule has 1 unspecified atom stereocenters. The summed E-state index contributed by atoms with van der Waals surface area (Å²) in [6.07, 6.45) is 2.74. The second-order valence-electron chi connectivity index (χ2n) is 7.14. The molecule has 1 fully saturated rings. The van der Waals surface area contributed by atoms with E-state index < -0.39 is 18.0 Å². The first-order valence-electron chi connectivity index (χ1n) is 10.3. The predicted octanol–water partition coefficient (Wildman–Crippen LogP) is 3.37. The average molecular weight is 413 g/mol. The van der Waals surface area contributed by atoms with Crippen LogP contribution in [0.2, 0.25) is 0 Å². The number of nitrogens with zero attached hydrogens (tertiary/aromatic N) is 1. The molecule has 1 aromatic heterocycles. The number of carbonyl (C=O) groups excluding carboxylic acids is 3. The molecule has 1 saturated heterocycles. The Bertz CT molecular complexity index is 860. The van der Waals surface area contributed by atoms with E-state index in [1.165, 1.54) is 4.90 Å². The highest BCUT2D eigenvalue weighted by Crippen LogP contribution is 2.22. The van der Waals surface area contributed by atoms with E-state index in [-0.39, 0.29) is 25.5 Å². The number of ether oxygens (including phenoxy) is 2. The summed E-state index contributed by atoms with van der Waals surface area (Å²) in [5, 5.41) is 0. The molecule has 7 heteroatoms. The van der Waals surface area contributed by atoms with E-state index in [1.54, 1.807) is 6.92 Å². The number of aryl methyl sites for hydroxylation is 1. The lowest BCUT2D eigenvalue weighted by atomic mass is 10.0. The van der Waals surface area contributed by atoms with E-state index in [0.29, 0.717) is 25.1 Å². The number of amides is 1. The van der Waals surface area contributed by atoms with Crippen LogP contribution in [0.5, 0.6) is 0 Å². The number of piperidine rings is 1. The highest BCUT2D eigenvalue weighted by atomic mass is 16.5. The fourth-order valence-corrected chi connectivity index (χ4v) is 3.51. The molecule has 1 aliphatic heterocycles. The molecule has 3 rings (SSSR count). The zero-order valence-electron chi connectivity index (χ0n) is 17.2. The first kappa shape index (κ1) is 21.6. The van der Waals surface area contributed by atoms with Gasteiger partial charge in [0.2, 0.25) is 0 Å². The van der Waals surface area contributed by atoms with Crippen molar-refractivity contribution in [3.05, 3.63) is 48.2 Å². The van der Waals surface area contributed by atoms with Gasteiger partial charge in [0, 0.05) is 18.5 Å². The Kier molecular flexibility index (Phi) is 7.65. The molecule has 1 atom stereocenters. The fraction of sp³-hybridized carbons (Fsp3) is 0.435. The van der Waals surface area contributed by atoms with Gasteiger partial charge >= 0.3 is 11.9 Å². The van der Waals surface area contributed by atoms with Crippen molar-refractivity contribution < 1.29 is 28.3 Å². The van der Waals surface area contributed by atoms with Crippen LogP contribution in [0.4, 0.5) is 0 Å². The fourth-order valence-electron chi connectivity index (χ4n) is 3.51. The van der Waals surface area contributed by atoms with Gasteiger partial charge in [0.05, 0.1) is 13.0 Å². The maximum atomic E-state index is 12.5. The summed E-state index contributed by atoms with van der Waals surface area (Å²) in [6.45, 7) is 2.10. The van der Waals surface area contributed by atoms with E-state index in [1.807, 2.05) is 42.5 Å². The zero-order valence-corrected chi connectivity index (χ0v) is 17.2. The smallest absolute Gasteiger partial charge is 0.328 e. The molecule has 0 N–H and O–H groups in total. The first-order chi connectivity index (χ1) is 14.6. The first-order valence-corrected chi connectivity index (χ1v) is 10.3. The largest absolute Gasteiger partial charge is 0.464 e. The summed E-state index contributed by atoms with van der Waals surface area (Å²) in [5.74, 6) is 0.167. The van der Waals surface area contributed by atoms with Crippen LogP contribution in [0.1, 0.15) is 38.4 Å². The van der Waals surface area contributed by atoms with Gasteiger partial charge in [-0.05, 0) is 38.3 Å². The molecule has 0 bridgehead atoms. The van der Waals surface area contributed by atoms with Crippen molar-refractivity contribution in [3.63, 3.8) is 0 Å². The Labute approximate surface area is 175 Å². The summed E-state index contributed by atoms with van der Waals surface area (Å²) < 4.78 is 16.0. The standard InChI is InChI=1S/C23H27NO6/c1-2-28-23(27)19-10-6-7-15-24(19)21(25)16-29-22(26)14-12-18-11-13-20(30-18)17-8-4-3-5-9-17/h3-5,8-9,11,13,19H,2,6-7,10,12,14-16H2,1H3. The minimum absolute atomic E-state index is 0.107. The van der Waals surface area contributed by atoms with Crippen molar-refractivity contribution >= 4 is 17.8 Å². The predicted molar refractivity (Wildman–Crippen MR) is 109 cm³/mol. The van der Waals surface area contributed by atoms with Crippen molar-refractivity contribution in [1.29, 1.82) is 0 Å². The van der Waals surface area contributed by atoms with E-state index in [2.05, 4.69) is 0 Å². The Morgan fingerprint density at radius 3 is 2.63 bits per heavy atom. The lowest BCUT2D eigenvalue weighted by Gasteiger charge is -2.33. The number of hydrogen-bond acceptors (Lipinski definition) is 6. The molecule has 0 saturated carbocycles. The third kappa shape index (κ3) is 5.72. The van der Waals surface area contributed by atoms with Crippen molar-refractivity contribution in [2.24, 2.45) is 0 Å². The lowest BCUT2D eigenvalue weighted by molar-refractivity contribution is -0.160. The van der Waals surface area contributed by atoms with E-state index >= 15 is 0 Å². The van der Waals surface area contributed by atoms with Gasteiger partial charge in [0.15, 0.2) is 6.61 Å². The molecule has 1 amide bonds. The monoisotopic (exact) mass is 413 g/mol. The third-order valence-corrected chi connectivity index (χ3v) is 5.03. The van der Waals surface area contributed by atoms with Crippen LogP contribution in [0.25, 0.3) is 11.3 Å². The Hall–Kier alpha value is -3.09. The second kappa shape index (κ2) is 10.6. The lowest BCUT2D eigenvalue weighted by Crippen LogP contribution is -2.50. The number of carbonyl (C=O) groups is 3. The number of esters is 2. The quantitative estimate of drug-likeness (QED) is 0.617.